The van der Waals surface area contributed by atoms with Gasteiger partial charge in [-0.1, -0.05) is 66.7 Å². The van der Waals surface area contributed by atoms with Gasteiger partial charge in [-0.3, -0.25) is 14.4 Å². The summed E-state index contributed by atoms with van der Waals surface area (Å²) in [7, 11) is 1.74. The van der Waals surface area contributed by atoms with E-state index in [1.54, 1.807) is 31.9 Å². The number of likely N-dealkylation sites (N-methyl/N-ethyl adjacent to an activating group) is 1. The van der Waals surface area contributed by atoms with E-state index in [1.165, 1.54) is 0 Å². The molecule has 0 radical (unpaired) electrons. The number of hydrogen-bond donors (Lipinski definition) is 1. The topological polar surface area (TPSA) is 66.5 Å². The zero-order chi connectivity index (χ0) is 23.6. The first-order valence-electron chi connectivity index (χ1n) is 11.0. The third-order valence-electron chi connectivity index (χ3n) is 5.65. The molecule has 0 saturated heterocycles. The molecule has 1 unspecified atom stereocenters. The molecule has 5 heteroatoms. The van der Waals surface area contributed by atoms with Crippen molar-refractivity contribution in [3.63, 3.8) is 0 Å². The standard InChI is InChI=1S/C27H34N2O3/c1-5-21(20-30)18-24(19-23-14-10-7-11-15-23)29(4)26(32)27(2,3)28-25(31)17-16-22-12-8-6-9-13-22/h5-15,20,24H,16-19H2,1-4H3,(H,28,31)/b21-5+. The van der Waals surface area contributed by atoms with Crippen molar-refractivity contribution in [2.24, 2.45) is 0 Å². The average molecular weight is 435 g/mol. The number of allylic oxidation sites excluding steroid dienone is 1. The van der Waals surface area contributed by atoms with Gasteiger partial charge in [0.25, 0.3) is 0 Å². The molecular weight excluding hydrogens is 400 g/mol. The molecule has 0 aromatic heterocycles. The van der Waals surface area contributed by atoms with Crippen LogP contribution in [0.5, 0.6) is 0 Å². The third kappa shape index (κ3) is 7.49. The highest BCUT2D eigenvalue weighted by Gasteiger charge is 2.35. The largest absolute Gasteiger partial charge is 0.342 e. The summed E-state index contributed by atoms with van der Waals surface area (Å²) in [5.41, 5.74) is 1.76. The number of nitrogens with zero attached hydrogens (tertiary/aromatic N) is 1. The van der Waals surface area contributed by atoms with Crippen molar-refractivity contribution in [3.05, 3.63) is 83.4 Å². The number of carbonyl (C=O) groups is 3. The Morgan fingerprint density at radius 1 is 1.00 bits per heavy atom. The Balaban J connectivity index is 2.08. The second-order valence-electron chi connectivity index (χ2n) is 8.60. The summed E-state index contributed by atoms with van der Waals surface area (Å²) in [5.74, 6) is -0.352. The molecule has 1 atom stereocenters. The van der Waals surface area contributed by atoms with E-state index >= 15 is 0 Å². The first-order valence-corrected chi connectivity index (χ1v) is 11.0. The minimum atomic E-state index is -1.06. The molecule has 0 aliphatic heterocycles. The summed E-state index contributed by atoms with van der Waals surface area (Å²) in [4.78, 5) is 39.0. The first-order chi connectivity index (χ1) is 15.3. The fraction of sp³-hybridized carbons (Fsp3) is 0.370. The van der Waals surface area contributed by atoms with Crippen molar-refractivity contribution >= 4 is 18.1 Å². The van der Waals surface area contributed by atoms with Crippen LogP contribution < -0.4 is 5.32 Å². The molecule has 0 spiro atoms. The lowest BCUT2D eigenvalue weighted by Crippen LogP contribution is -2.57. The Morgan fingerprint density at radius 3 is 2.09 bits per heavy atom. The van der Waals surface area contributed by atoms with Gasteiger partial charge in [-0.15, -0.1) is 0 Å². The Morgan fingerprint density at radius 2 is 1.56 bits per heavy atom. The quantitative estimate of drug-likeness (QED) is 0.427. The van der Waals surface area contributed by atoms with Crippen molar-refractivity contribution in [2.75, 3.05) is 7.05 Å². The van der Waals surface area contributed by atoms with Crippen LogP contribution in [-0.2, 0) is 27.2 Å². The Kier molecular flexibility index (Phi) is 9.39. The molecule has 0 aliphatic carbocycles. The zero-order valence-corrected chi connectivity index (χ0v) is 19.5. The van der Waals surface area contributed by atoms with Crippen molar-refractivity contribution in [2.45, 2.75) is 58.0 Å². The average Bonchev–Trinajstić information content (AvgIpc) is 2.80. The first kappa shape index (κ1) is 25.1. The van der Waals surface area contributed by atoms with Crippen LogP contribution in [0.1, 0.15) is 44.7 Å². The van der Waals surface area contributed by atoms with Crippen LogP contribution in [0, 0.1) is 0 Å². The molecule has 2 aromatic rings. The van der Waals surface area contributed by atoms with E-state index in [0.29, 0.717) is 31.3 Å². The van der Waals surface area contributed by atoms with Gasteiger partial charge in [0, 0.05) is 19.5 Å². The summed E-state index contributed by atoms with van der Waals surface area (Å²) < 4.78 is 0. The summed E-state index contributed by atoms with van der Waals surface area (Å²) in [6.45, 7) is 5.27. The maximum absolute atomic E-state index is 13.4. The van der Waals surface area contributed by atoms with Crippen LogP contribution >= 0.6 is 0 Å². The molecular formula is C27H34N2O3. The fourth-order valence-corrected chi connectivity index (χ4v) is 3.71. The third-order valence-corrected chi connectivity index (χ3v) is 5.65. The molecule has 2 amide bonds. The molecule has 0 bridgehead atoms. The number of aryl methyl sites for hydroxylation is 1. The van der Waals surface area contributed by atoms with Crippen molar-refractivity contribution < 1.29 is 14.4 Å². The second-order valence-corrected chi connectivity index (χ2v) is 8.60. The van der Waals surface area contributed by atoms with E-state index in [9.17, 15) is 14.4 Å². The van der Waals surface area contributed by atoms with Crippen LogP contribution in [0.3, 0.4) is 0 Å². The molecule has 170 valence electrons. The van der Waals surface area contributed by atoms with Crippen molar-refractivity contribution in [1.82, 2.24) is 10.2 Å². The van der Waals surface area contributed by atoms with Gasteiger partial charge in [0.05, 0.1) is 0 Å². The van der Waals surface area contributed by atoms with E-state index in [4.69, 9.17) is 0 Å². The highest BCUT2D eigenvalue weighted by atomic mass is 16.2. The Labute approximate surface area is 191 Å². The molecule has 0 fully saturated rings. The second kappa shape index (κ2) is 12.0. The van der Waals surface area contributed by atoms with Crippen LogP contribution in [0.15, 0.2) is 72.3 Å². The van der Waals surface area contributed by atoms with Gasteiger partial charge in [0.15, 0.2) is 0 Å². The minimum Gasteiger partial charge on any atom is -0.342 e. The molecule has 32 heavy (non-hydrogen) atoms. The number of amides is 2. The lowest BCUT2D eigenvalue weighted by Gasteiger charge is -2.35. The molecule has 0 aliphatic rings. The van der Waals surface area contributed by atoms with Gasteiger partial charge in [0.2, 0.25) is 11.8 Å². The highest BCUT2D eigenvalue weighted by molar-refractivity contribution is 5.91. The van der Waals surface area contributed by atoms with Gasteiger partial charge in [-0.25, -0.2) is 0 Å². The number of carbonyl (C=O) groups excluding carboxylic acids is 3. The Bertz CT molecular complexity index is 920. The van der Waals surface area contributed by atoms with Gasteiger partial charge in [-0.05, 0) is 56.7 Å². The smallest absolute Gasteiger partial charge is 0.247 e. The van der Waals surface area contributed by atoms with Crippen LogP contribution in [0.4, 0.5) is 0 Å². The molecule has 0 heterocycles. The summed E-state index contributed by atoms with van der Waals surface area (Å²) in [6, 6.07) is 19.5. The zero-order valence-electron chi connectivity index (χ0n) is 19.5. The summed E-state index contributed by atoms with van der Waals surface area (Å²) >= 11 is 0. The van der Waals surface area contributed by atoms with Crippen molar-refractivity contribution in [3.8, 4) is 0 Å². The Hall–Kier alpha value is -3.21. The summed E-state index contributed by atoms with van der Waals surface area (Å²) in [5, 5.41) is 2.89. The number of benzene rings is 2. The van der Waals surface area contributed by atoms with Crippen molar-refractivity contribution in [1.29, 1.82) is 0 Å². The van der Waals surface area contributed by atoms with E-state index in [1.807, 2.05) is 67.6 Å². The van der Waals surface area contributed by atoms with E-state index in [-0.39, 0.29) is 17.9 Å². The molecule has 0 saturated carbocycles. The predicted molar refractivity (Wildman–Crippen MR) is 128 cm³/mol. The monoisotopic (exact) mass is 434 g/mol. The molecule has 1 N–H and O–H groups in total. The predicted octanol–water partition coefficient (Wildman–Crippen LogP) is 4.12. The highest BCUT2D eigenvalue weighted by Crippen LogP contribution is 2.19. The van der Waals surface area contributed by atoms with E-state index in [0.717, 1.165) is 17.4 Å². The van der Waals surface area contributed by atoms with Gasteiger partial charge < -0.3 is 10.2 Å². The lowest BCUT2D eigenvalue weighted by molar-refractivity contribution is -0.141. The van der Waals surface area contributed by atoms with Crippen LogP contribution in [-0.4, -0.2) is 41.6 Å². The summed E-state index contributed by atoms with van der Waals surface area (Å²) in [6.07, 6.45) is 4.62. The lowest BCUT2D eigenvalue weighted by atomic mass is 9.95. The minimum absolute atomic E-state index is 0.165. The van der Waals surface area contributed by atoms with Crippen LogP contribution in [0.2, 0.25) is 0 Å². The van der Waals surface area contributed by atoms with E-state index < -0.39 is 5.54 Å². The number of nitrogens with one attached hydrogen (secondary N) is 1. The van der Waals surface area contributed by atoms with Gasteiger partial charge in [-0.2, -0.15) is 0 Å². The van der Waals surface area contributed by atoms with Gasteiger partial charge in [0.1, 0.15) is 11.8 Å². The van der Waals surface area contributed by atoms with E-state index in [2.05, 4.69) is 5.32 Å². The normalized spacial score (nSPS) is 12.7. The number of hydrogen-bond acceptors (Lipinski definition) is 3. The maximum atomic E-state index is 13.4. The fourth-order valence-electron chi connectivity index (χ4n) is 3.71. The van der Waals surface area contributed by atoms with Gasteiger partial charge >= 0.3 is 0 Å². The SMILES string of the molecule is C/C=C(/C=O)CC(Cc1ccccc1)N(C)C(=O)C(C)(C)NC(=O)CCc1ccccc1. The van der Waals surface area contributed by atoms with Crippen LogP contribution in [0.25, 0.3) is 0 Å². The maximum Gasteiger partial charge on any atom is 0.247 e. The molecule has 5 nitrogen and oxygen atoms in total. The molecule has 2 rings (SSSR count). The number of rotatable bonds is 11. The molecule has 2 aromatic carbocycles. The number of aldehydes is 1.